The van der Waals surface area contributed by atoms with Gasteiger partial charge < -0.3 is 9.88 Å². The Balaban J connectivity index is 1.69. The van der Waals surface area contributed by atoms with Gasteiger partial charge in [0.1, 0.15) is 11.2 Å². The SMILES string of the molecule is O=C1CCSC(c2c[nH]c3ccccc23)N1Cc1ccc(F)cc1. The summed E-state index contributed by atoms with van der Waals surface area (Å²) in [5.41, 5.74) is 3.15. The molecule has 2 aromatic carbocycles. The lowest BCUT2D eigenvalue weighted by atomic mass is 10.1. The molecule has 2 heterocycles. The minimum atomic E-state index is -0.258. The number of hydrogen-bond donors (Lipinski definition) is 1. The zero-order valence-corrected chi connectivity index (χ0v) is 13.9. The Morgan fingerprint density at radius 1 is 1.17 bits per heavy atom. The number of halogens is 1. The number of nitrogens with one attached hydrogen (secondary N) is 1. The highest BCUT2D eigenvalue weighted by atomic mass is 32.2. The van der Waals surface area contributed by atoms with Crippen molar-refractivity contribution in [2.75, 3.05) is 5.75 Å². The molecule has 0 bridgehead atoms. The highest BCUT2D eigenvalue weighted by Gasteiger charge is 2.31. The number of hydrogen-bond acceptors (Lipinski definition) is 2. The van der Waals surface area contributed by atoms with Crippen molar-refractivity contribution in [2.45, 2.75) is 18.3 Å². The number of carbonyl (C=O) groups excluding carboxylic acids is 1. The number of carbonyl (C=O) groups is 1. The van der Waals surface area contributed by atoms with Gasteiger partial charge in [0.15, 0.2) is 0 Å². The van der Waals surface area contributed by atoms with Crippen LogP contribution in [0.1, 0.15) is 22.9 Å². The molecule has 1 N–H and O–H groups in total. The summed E-state index contributed by atoms with van der Waals surface area (Å²) in [4.78, 5) is 17.7. The van der Waals surface area contributed by atoms with E-state index in [1.807, 2.05) is 29.3 Å². The van der Waals surface area contributed by atoms with E-state index < -0.39 is 0 Å². The third kappa shape index (κ3) is 2.80. The fourth-order valence-electron chi connectivity index (χ4n) is 3.14. The third-order valence-corrected chi connectivity index (χ3v) is 5.61. The van der Waals surface area contributed by atoms with Crippen LogP contribution in [0.15, 0.2) is 54.7 Å². The molecule has 3 aromatic rings. The van der Waals surface area contributed by atoms with Crippen molar-refractivity contribution in [1.29, 1.82) is 0 Å². The molecular formula is C19H17FN2OS. The maximum absolute atomic E-state index is 13.1. The number of aromatic nitrogens is 1. The van der Waals surface area contributed by atoms with Gasteiger partial charge in [0.05, 0.1) is 0 Å². The first-order chi connectivity index (χ1) is 11.7. The lowest BCUT2D eigenvalue weighted by Gasteiger charge is -2.35. The van der Waals surface area contributed by atoms with Crippen molar-refractivity contribution in [3.05, 3.63) is 71.7 Å². The molecule has 1 aromatic heterocycles. The smallest absolute Gasteiger partial charge is 0.224 e. The summed E-state index contributed by atoms with van der Waals surface area (Å²) >= 11 is 1.78. The fraction of sp³-hybridized carbons (Fsp3) is 0.211. The number of thioether (sulfide) groups is 1. The van der Waals surface area contributed by atoms with Crippen molar-refractivity contribution >= 4 is 28.6 Å². The van der Waals surface area contributed by atoms with Crippen LogP contribution in [-0.4, -0.2) is 21.5 Å². The van der Waals surface area contributed by atoms with E-state index in [2.05, 4.69) is 11.1 Å². The van der Waals surface area contributed by atoms with E-state index in [9.17, 15) is 9.18 Å². The lowest BCUT2D eigenvalue weighted by Crippen LogP contribution is -2.36. The first-order valence-corrected chi connectivity index (χ1v) is 8.99. The van der Waals surface area contributed by atoms with E-state index in [-0.39, 0.29) is 17.1 Å². The van der Waals surface area contributed by atoms with Gasteiger partial charge in [-0.05, 0) is 23.8 Å². The number of nitrogens with zero attached hydrogens (tertiary/aromatic N) is 1. The topological polar surface area (TPSA) is 36.1 Å². The minimum absolute atomic E-state index is 0.0209. The minimum Gasteiger partial charge on any atom is -0.361 e. The van der Waals surface area contributed by atoms with E-state index in [4.69, 9.17) is 0 Å². The van der Waals surface area contributed by atoms with Gasteiger partial charge in [-0.1, -0.05) is 30.3 Å². The zero-order chi connectivity index (χ0) is 16.5. The summed E-state index contributed by atoms with van der Waals surface area (Å²) < 4.78 is 13.1. The van der Waals surface area contributed by atoms with E-state index in [0.29, 0.717) is 13.0 Å². The standard InChI is InChI=1S/C19H17FN2OS/c20-14-7-5-13(6-8-14)12-22-18(23)9-10-24-19(22)16-11-21-17-4-2-1-3-15(16)17/h1-8,11,19,21H,9-10,12H2. The van der Waals surface area contributed by atoms with Gasteiger partial charge in [-0.15, -0.1) is 11.8 Å². The first kappa shape index (κ1) is 15.3. The van der Waals surface area contributed by atoms with Gasteiger partial charge in [0.2, 0.25) is 5.91 Å². The molecule has 1 aliphatic heterocycles. The van der Waals surface area contributed by atoms with Gasteiger partial charge in [-0.25, -0.2) is 4.39 Å². The number of H-pyrrole nitrogens is 1. The van der Waals surface area contributed by atoms with Crippen LogP contribution >= 0.6 is 11.8 Å². The fourth-order valence-corrected chi connectivity index (χ4v) is 4.40. The summed E-state index contributed by atoms with van der Waals surface area (Å²) in [5.74, 6) is 0.711. The van der Waals surface area contributed by atoms with Crippen LogP contribution in [0.4, 0.5) is 4.39 Å². The molecule has 1 saturated heterocycles. The molecule has 4 rings (SSSR count). The maximum Gasteiger partial charge on any atom is 0.224 e. The van der Waals surface area contributed by atoms with Crippen LogP contribution < -0.4 is 0 Å². The Bertz CT molecular complexity index is 874. The largest absolute Gasteiger partial charge is 0.361 e. The molecule has 1 unspecified atom stereocenters. The molecule has 0 spiro atoms. The van der Waals surface area contributed by atoms with Crippen LogP contribution in [0, 0.1) is 5.82 Å². The number of aromatic amines is 1. The average Bonchev–Trinajstić information content (AvgIpc) is 3.02. The predicted octanol–water partition coefficient (Wildman–Crippen LogP) is 4.47. The molecule has 1 aliphatic rings. The number of benzene rings is 2. The van der Waals surface area contributed by atoms with Crippen molar-refractivity contribution < 1.29 is 9.18 Å². The summed E-state index contributed by atoms with van der Waals surface area (Å²) in [7, 11) is 0. The van der Waals surface area contributed by atoms with Gasteiger partial charge >= 0.3 is 0 Å². The van der Waals surface area contributed by atoms with E-state index in [1.165, 1.54) is 12.1 Å². The van der Waals surface area contributed by atoms with Crippen LogP contribution in [0.3, 0.4) is 0 Å². The molecule has 0 aliphatic carbocycles. The van der Waals surface area contributed by atoms with Crippen LogP contribution in [0.25, 0.3) is 10.9 Å². The summed E-state index contributed by atoms with van der Waals surface area (Å²) in [6.45, 7) is 0.496. The van der Waals surface area contributed by atoms with Crippen molar-refractivity contribution in [3.8, 4) is 0 Å². The molecule has 3 nitrogen and oxygen atoms in total. The maximum atomic E-state index is 13.1. The van der Waals surface area contributed by atoms with Crippen LogP contribution in [-0.2, 0) is 11.3 Å². The van der Waals surface area contributed by atoms with Gasteiger partial charge in [0.25, 0.3) is 0 Å². The predicted molar refractivity (Wildman–Crippen MR) is 95.1 cm³/mol. The zero-order valence-electron chi connectivity index (χ0n) is 13.0. The molecule has 24 heavy (non-hydrogen) atoms. The average molecular weight is 340 g/mol. The monoisotopic (exact) mass is 340 g/mol. The molecule has 0 radical (unpaired) electrons. The molecule has 1 fully saturated rings. The summed E-state index contributed by atoms with van der Waals surface area (Å²) in [5, 5.41) is 1.13. The number of fused-ring (bicyclic) bond motifs is 1. The first-order valence-electron chi connectivity index (χ1n) is 7.94. The van der Waals surface area contributed by atoms with Crippen molar-refractivity contribution in [2.24, 2.45) is 0 Å². The normalized spacial score (nSPS) is 18.3. The number of amides is 1. The van der Waals surface area contributed by atoms with Crippen molar-refractivity contribution in [3.63, 3.8) is 0 Å². The lowest BCUT2D eigenvalue weighted by molar-refractivity contribution is -0.132. The third-order valence-electron chi connectivity index (χ3n) is 4.35. The Hall–Kier alpha value is -2.27. The molecule has 0 saturated carbocycles. The van der Waals surface area contributed by atoms with Gasteiger partial charge in [-0.2, -0.15) is 0 Å². The highest BCUT2D eigenvalue weighted by molar-refractivity contribution is 7.99. The molecule has 5 heteroatoms. The molecule has 1 amide bonds. The van der Waals surface area contributed by atoms with E-state index in [1.54, 1.807) is 23.9 Å². The Morgan fingerprint density at radius 2 is 1.96 bits per heavy atom. The van der Waals surface area contributed by atoms with E-state index >= 15 is 0 Å². The second-order valence-corrected chi connectivity index (χ2v) is 7.10. The van der Waals surface area contributed by atoms with Crippen molar-refractivity contribution in [1.82, 2.24) is 9.88 Å². The highest BCUT2D eigenvalue weighted by Crippen LogP contribution is 2.41. The van der Waals surface area contributed by atoms with Gasteiger partial charge in [0, 0.05) is 41.4 Å². The molecule has 122 valence electrons. The van der Waals surface area contributed by atoms with Crippen LogP contribution in [0.5, 0.6) is 0 Å². The Kier molecular flexibility index (Phi) is 4.02. The van der Waals surface area contributed by atoms with Gasteiger partial charge in [-0.3, -0.25) is 4.79 Å². The second-order valence-electron chi connectivity index (χ2n) is 5.91. The van der Waals surface area contributed by atoms with Crippen LogP contribution in [0.2, 0.25) is 0 Å². The Labute approximate surface area is 143 Å². The van der Waals surface area contributed by atoms with E-state index in [0.717, 1.165) is 27.8 Å². The molecule has 1 atom stereocenters. The summed E-state index contributed by atoms with van der Waals surface area (Å²) in [6.07, 6.45) is 2.54. The number of para-hydroxylation sites is 1. The Morgan fingerprint density at radius 3 is 2.79 bits per heavy atom. The molecular weight excluding hydrogens is 323 g/mol. The second kappa shape index (κ2) is 6.32. The summed E-state index contributed by atoms with van der Waals surface area (Å²) in [6, 6.07) is 14.5. The quantitative estimate of drug-likeness (QED) is 0.763. The number of rotatable bonds is 3.